The molecule has 156 valence electrons. The lowest BCUT2D eigenvalue weighted by molar-refractivity contribution is -0.137. The lowest BCUT2D eigenvalue weighted by Crippen LogP contribution is -2.36. The van der Waals surface area contributed by atoms with Gasteiger partial charge in [0.25, 0.3) is 5.91 Å². The third kappa shape index (κ3) is 6.23. The first-order chi connectivity index (χ1) is 13.4. The van der Waals surface area contributed by atoms with Gasteiger partial charge in [-0.25, -0.2) is 0 Å². The summed E-state index contributed by atoms with van der Waals surface area (Å²) in [5.41, 5.74) is -0.664. The largest absolute Gasteiger partial charge is 0.484 e. The normalized spacial score (nSPS) is 11.7. The smallest absolute Gasteiger partial charge is 0.416 e. The number of benzene rings is 2. The molecule has 0 aromatic heterocycles. The molecular formula is C21H23F3N2O3. The molecule has 2 amide bonds. The first kappa shape index (κ1) is 22.3. The number of rotatable bonds is 5. The van der Waals surface area contributed by atoms with E-state index in [4.69, 9.17) is 4.74 Å². The molecule has 0 atom stereocenters. The Morgan fingerprint density at radius 2 is 1.66 bits per heavy atom. The summed E-state index contributed by atoms with van der Waals surface area (Å²) < 4.78 is 43.5. The zero-order chi connectivity index (χ0) is 21.8. The quantitative estimate of drug-likeness (QED) is 0.778. The molecule has 0 spiro atoms. The highest BCUT2D eigenvalue weighted by atomic mass is 19.4. The Morgan fingerprint density at radius 1 is 1.03 bits per heavy atom. The van der Waals surface area contributed by atoms with Crippen LogP contribution >= 0.6 is 0 Å². The number of nitrogens with one attached hydrogen (secondary N) is 1. The van der Waals surface area contributed by atoms with E-state index in [9.17, 15) is 22.8 Å². The SMILES string of the molecule is CN(C(=O)C(C)(C)C)c1ccc(OCC(=O)Nc2cccc(C(F)(F)F)c2)cc1. The number of carbonyl (C=O) groups excluding carboxylic acids is 2. The van der Waals surface area contributed by atoms with Gasteiger partial charge in [-0.3, -0.25) is 9.59 Å². The fraction of sp³-hybridized carbons (Fsp3) is 0.333. The summed E-state index contributed by atoms with van der Waals surface area (Å²) in [6.45, 7) is 5.11. The first-order valence-corrected chi connectivity index (χ1v) is 8.86. The molecule has 0 aliphatic carbocycles. The molecular weight excluding hydrogens is 385 g/mol. The van der Waals surface area contributed by atoms with E-state index in [2.05, 4.69) is 5.32 Å². The van der Waals surface area contributed by atoms with Crippen LogP contribution in [-0.2, 0) is 15.8 Å². The van der Waals surface area contributed by atoms with Gasteiger partial charge in [-0.15, -0.1) is 0 Å². The van der Waals surface area contributed by atoms with Crippen molar-refractivity contribution >= 4 is 23.2 Å². The molecule has 5 nitrogen and oxygen atoms in total. The standard InChI is InChI=1S/C21H23F3N2O3/c1-20(2,3)19(28)26(4)16-8-10-17(11-9-16)29-13-18(27)25-15-7-5-6-14(12-15)21(22,23)24/h5-12H,13H2,1-4H3,(H,25,27). The molecule has 0 aliphatic heterocycles. The van der Waals surface area contributed by atoms with E-state index in [0.29, 0.717) is 11.4 Å². The van der Waals surface area contributed by atoms with Crippen LogP contribution in [0.25, 0.3) is 0 Å². The maximum atomic E-state index is 12.7. The number of alkyl halides is 3. The highest BCUT2D eigenvalue weighted by Crippen LogP contribution is 2.30. The molecule has 0 fully saturated rings. The summed E-state index contributed by atoms with van der Waals surface area (Å²) >= 11 is 0. The van der Waals surface area contributed by atoms with Gasteiger partial charge in [0.1, 0.15) is 5.75 Å². The average Bonchev–Trinajstić information content (AvgIpc) is 2.64. The number of carbonyl (C=O) groups is 2. The van der Waals surface area contributed by atoms with Crippen molar-refractivity contribution in [1.29, 1.82) is 0 Å². The predicted octanol–water partition coefficient (Wildman–Crippen LogP) is 4.73. The molecule has 2 aromatic carbocycles. The van der Waals surface area contributed by atoms with Crippen LogP contribution in [0.4, 0.5) is 24.5 Å². The van der Waals surface area contributed by atoms with Crippen LogP contribution in [0.2, 0.25) is 0 Å². The number of hydrogen-bond donors (Lipinski definition) is 1. The minimum atomic E-state index is -4.49. The van der Waals surface area contributed by atoms with E-state index in [1.807, 2.05) is 20.8 Å². The third-order valence-electron chi connectivity index (χ3n) is 4.01. The second-order valence-corrected chi connectivity index (χ2v) is 7.52. The van der Waals surface area contributed by atoms with Gasteiger partial charge in [0.05, 0.1) is 5.56 Å². The number of hydrogen-bond acceptors (Lipinski definition) is 3. The zero-order valence-electron chi connectivity index (χ0n) is 16.6. The fourth-order valence-electron chi connectivity index (χ4n) is 2.51. The summed E-state index contributed by atoms with van der Waals surface area (Å²) in [6.07, 6.45) is -4.49. The monoisotopic (exact) mass is 408 g/mol. The second kappa shape index (κ2) is 8.55. The molecule has 0 radical (unpaired) electrons. The van der Waals surface area contributed by atoms with E-state index in [1.165, 1.54) is 17.0 Å². The lowest BCUT2D eigenvalue weighted by atomic mass is 9.95. The average molecular weight is 408 g/mol. The fourth-order valence-corrected chi connectivity index (χ4v) is 2.51. The topological polar surface area (TPSA) is 58.6 Å². The van der Waals surface area contributed by atoms with Crippen molar-refractivity contribution in [2.24, 2.45) is 5.41 Å². The van der Waals surface area contributed by atoms with E-state index in [1.54, 1.807) is 31.3 Å². The van der Waals surface area contributed by atoms with Crippen molar-refractivity contribution in [3.63, 3.8) is 0 Å². The van der Waals surface area contributed by atoms with Gasteiger partial charge < -0.3 is 15.0 Å². The van der Waals surface area contributed by atoms with Gasteiger partial charge in [0.15, 0.2) is 6.61 Å². The summed E-state index contributed by atoms with van der Waals surface area (Å²) in [4.78, 5) is 25.8. The van der Waals surface area contributed by atoms with Gasteiger partial charge >= 0.3 is 6.18 Å². The van der Waals surface area contributed by atoms with E-state index >= 15 is 0 Å². The van der Waals surface area contributed by atoms with Crippen LogP contribution in [-0.4, -0.2) is 25.5 Å². The van der Waals surface area contributed by atoms with Crippen molar-refractivity contribution in [2.45, 2.75) is 26.9 Å². The van der Waals surface area contributed by atoms with Crippen molar-refractivity contribution < 1.29 is 27.5 Å². The zero-order valence-corrected chi connectivity index (χ0v) is 16.6. The third-order valence-corrected chi connectivity index (χ3v) is 4.01. The molecule has 2 aromatic rings. The van der Waals surface area contributed by atoms with Crippen molar-refractivity contribution in [1.82, 2.24) is 0 Å². The van der Waals surface area contributed by atoms with Gasteiger partial charge in [-0.05, 0) is 42.5 Å². The van der Waals surface area contributed by atoms with Gasteiger partial charge in [0, 0.05) is 23.8 Å². The number of ether oxygens (including phenoxy) is 1. The van der Waals surface area contributed by atoms with Crippen LogP contribution in [0.15, 0.2) is 48.5 Å². The van der Waals surface area contributed by atoms with Crippen molar-refractivity contribution in [2.75, 3.05) is 23.9 Å². The highest BCUT2D eigenvalue weighted by Gasteiger charge is 2.30. The highest BCUT2D eigenvalue weighted by molar-refractivity contribution is 5.96. The molecule has 0 saturated heterocycles. The van der Waals surface area contributed by atoms with Crippen molar-refractivity contribution in [3.8, 4) is 5.75 Å². The van der Waals surface area contributed by atoms with E-state index in [-0.39, 0.29) is 18.2 Å². The molecule has 8 heteroatoms. The van der Waals surface area contributed by atoms with Crippen LogP contribution in [0.3, 0.4) is 0 Å². The van der Waals surface area contributed by atoms with E-state index in [0.717, 1.165) is 12.1 Å². The van der Waals surface area contributed by atoms with Crippen molar-refractivity contribution in [3.05, 3.63) is 54.1 Å². The maximum Gasteiger partial charge on any atom is 0.416 e. The summed E-state index contributed by atoms with van der Waals surface area (Å²) in [6, 6.07) is 11.0. The molecule has 0 unspecified atom stereocenters. The molecule has 1 N–H and O–H groups in total. The minimum absolute atomic E-state index is 0.0334. The maximum absolute atomic E-state index is 12.7. The Hall–Kier alpha value is -3.03. The number of amides is 2. The van der Waals surface area contributed by atoms with Gasteiger partial charge in [0.2, 0.25) is 5.91 Å². The summed E-state index contributed by atoms with van der Waals surface area (Å²) in [5.74, 6) is -0.246. The van der Waals surface area contributed by atoms with Crippen LogP contribution in [0.1, 0.15) is 26.3 Å². The predicted molar refractivity (Wildman–Crippen MR) is 105 cm³/mol. The van der Waals surface area contributed by atoms with Gasteiger partial charge in [-0.1, -0.05) is 26.8 Å². The molecule has 0 heterocycles. The second-order valence-electron chi connectivity index (χ2n) is 7.52. The van der Waals surface area contributed by atoms with Crippen LogP contribution in [0.5, 0.6) is 5.75 Å². The Balaban J connectivity index is 1.93. The Labute approximate surface area is 167 Å². The molecule has 0 saturated carbocycles. The van der Waals surface area contributed by atoms with Gasteiger partial charge in [-0.2, -0.15) is 13.2 Å². The molecule has 0 bridgehead atoms. The Kier molecular flexibility index (Phi) is 6.56. The minimum Gasteiger partial charge on any atom is -0.484 e. The molecule has 0 aliphatic rings. The lowest BCUT2D eigenvalue weighted by Gasteiger charge is -2.26. The summed E-state index contributed by atoms with van der Waals surface area (Å²) in [7, 11) is 1.67. The Bertz CT molecular complexity index is 872. The molecule has 29 heavy (non-hydrogen) atoms. The number of halogens is 3. The van der Waals surface area contributed by atoms with Crippen LogP contribution in [0, 0.1) is 5.41 Å². The van der Waals surface area contributed by atoms with E-state index < -0.39 is 23.1 Å². The first-order valence-electron chi connectivity index (χ1n) is 8.86. The Morgan fingerprint density at radius 3 is 2.21 bits per heavy atom. The molecule has 2 rings (SSSR count). The summed E-state index contributed by atoms with van der Waals surface area (Å²) in [5, 5.41) is 2.37. The number of nitrogens with zero attached hydrogens (tertiary/aromatic N) is 1. The number of anilines is 2. The van der Waals surface area contributed by atoms with Crippen LogP contribution < -0.4 is 15.0 Å².